The number of hydrogen-bond donors (Lipinski definition) is 2. The normalized spacial score (nSPS) is 15.0. The van der Waals surface area contributed by atoms with E-state index in [0.717, 1.165) is 49.0 Å². The summed E-state index contributed by atoms with van der Waals surface area (Å²) in [5.74, 6) is -2.07. The highest BCUT2D eigenvalue weighted by Gasteiger charge is 2.22. The van der Waals surface area contributed by atoms with Crippen LogP contribution in [0.2, 0.25) is 0 Å². The van der Waals surface area contributed by atoms with E-state index < -0.39 is 17.5 Å². The number of aromatic nitrogens is 1. The third-order valence-corrected chi connectivity index (χ3v) is 4.98. The van der Waals surface area contributed by atoms with Gasteiger partial charge in [0.05, 0.1) is 5.56 Å². The Hall–Kier alpha value is -2.93. The van der Waals surface area contributed by atoms with E-state index in [0.29, 0.717) is 5.56 Å². The van der Waals surface area contributed by atoms with Crippen LogP contribution in [0.3, 0.4) is 0 Å². The number of piperidine rings is 1. The largest absolute Gasteiger partial charge is 0.488 e. The van der Waals surface area contributed by atoms with E-state index >= 15 is 0 Å². The number of ether oxygens (including phenoxy) is 1. The molecule has 0 unspecified atom stereocenters. The van der Waals surface area contributed by atoms with Gasteiger partial charge in [0.15, 0.2) is 5.82 Å². The van der Waals surface area contributed by atoms with E-state index in [1.165, 1.54) is 0 Å². The molecule has 1 aliphatic heterocycles. The first-order chi connectivity index (χ1) is 13.5. The van der Waals surface area contributed by atoms with Gasteiger partial charge in [-0.05, 0) is 32.0 Å². The smallest absolute Gasteiger partial charge is 0.258 e. The Morgan fingerprint density at radius 3 is 2.75 bits per heavy atom. The highest BCUT2D eigenvalue weighted by atomic mass is 19.1. The summed E-state index contributed by atoms with van der Waals surface area (Å²) in [6.07, 6.45) is 2.99. The number of fused-ring (bicyclic) bond motifs is 1. The quantitative estimate of drug-likeness (QED) is 0.718. The molecule has 0 spiro atoms. The van der Waals surface area contributed by atoms with Gasteiger partial charge in [0.1, 0.15) is 23.4 Å². The van der Waals surface area contributed by atoms with E-state index in [-0.39, 0.29) is 17.5 Å². The molecule has 1 aliphatic rings. The molecule has 0 aliphatic carbocycles. The number of anilines is 1. The lowest BCUT2D eigenvalue weighted by molar-refractivity contribution is 0.102. The minimum atomic E-state index is -0.863. The van der Waals surface area contributed by atoms with Crippen LogP contribution in [0, 0.1) is 11.6 Å². The van der Waals surface area contributed by atoms with E-state index in [9.17, 15) is 13.6 Å². The highest BCUT2D eigenvalue weighted by molar-refractivity contribution is 6.13. The topological polar surface area (TPSA) is 55.3 Å². The van der Waals surface area contributed by atoms with Gasteiger partial charge in [0.25, 0.3) is 5.91 Å². The molecule has 28 heavy (non-hydrogen) atoms. The summed E-state index contributed by atoms with van der Waals surface area (Å²) in [7, 11) is 1.84. The molecular weight excluding hydrogens is 364 g/mol. The second kappa shape index (κ2) is 7.59. The molecule has 1 fully saturated rings. The standard InChI is InChI=1S/C21H21F2N3O2/c1-26-12-16(15-4-2-3-5-18(15)26)21(27)25-20-17(23)10-13(22)11-19(20)28-14-6-8-24-9-7-14/h2-5,10-12,14,24H,6-9H2,1H3,(H,25,27). The number of hydrogen-bond acceptors (Lipinski definition) is 3. The van der Waals surface area contributed by atoms with E-state index in [2.05, 4.69) is 10.6 Å². The van der Waals surface area contributed by atoms with Gasteiger partial charge in [-0.15, -0.1) is 0 Å². The molecule has 0 bridgehead atoms. The van der Waals surface area contributed by atoms with Gasteiger partial charge >= 0.3 is 0 Å². The number of amides is 1. The first kappa shape index (κ1) is 18.4. The minimum Gasteiger partial charge on any atom is -0.488 e. The Balaban J connectivity index is 1.65. The number of nitrogens with one attached hydrogen (secondary N) is 2. The lowest BCUT2D eigenvalue weighted by Gasteiger charge is -2.25. The maximum atomic E-state index is 14.5. The SMILES string of the molecule is Cn1cc(C(=O)Nc2c(F)cc(F)cc2OC2CCNCC2)c2ccccc21. The van der Waals surface area contributed by atoms with Crippen LogP contribution in [0.25, 0.3) is 10.9 Å². The fourth-order valence-corrected chi connectivity index (χ4v) is 3.56. The zero-order chi connectivity index (χ0) is 19.7. The van der Waals surface area contributed by atoms with E-state index in [4.69, 9.17) is 4.74 Å². The molecule has 1 saturated heterocycles. The molecule has 1 aromatic heterocycles. The molecule has 4 rings (SSSR count). The van der Waals surface area contributed by atoms with Gasteiger partial charge in [-0.2, -0.15) is 0 Å². The molecule has 1 amide bonds. The van der Waals surface area contributed by atoms with Crippen LogP contribution in [-0.4, -0.2) is 29.7 Å². The number of benzene rings is 2. The van der Waals surface area contributed by atoms with Gasteiger partial charge in [-0.25, -0.2) is 8.78 Å². The fraction of sp³-hybridized carbons (Fsp3) is 0.286. The summed E-state index contributed by atoms with van der Waals surface area (Å²) in [5, 5.41) is 6.55. The predicted molar refractivity (Wildman–Crippen MR) is 104 cm³/mol. The van der Waals surface area contributed by atoms with Crippen LogP contribution in [-0.2, 0) is 7.05 Å². The predicted octanol–water partition coefficient (Wildman–Crippen LogP) is 3.84. The third-order valence-electron chi connectivity index (χ3n) is 4.98. The molecule has 0 radical (unpaired) electrons. The number of carbonyl (C=O) groups is 1. The lowest BCUT2D eigenvalue weighted by Crippen LogP contribution is -2.34. The first-order valence-corrected chi connectivity index (χ1v) is 9.25. The van der Waals surface area contributed by atoms with Crippen molar-refractivity contribution in [2.45, 2.75) is 18.9 Å². The molecule has 0 saturated carbocycles. The average Bonchev–Trinajstić information content (AvgIpc) is 3.02. The minimum absolute atomic E-state index is 0.0120. The van der Waals surface area contributed by atoms with Crippen LogP contribution in [0.4, 0.5) is 14.5 Å². The summed E-state index contributed by atoms with van der Waals surface area (Å²) in [6, 6.07) is 9.31. The summed E-state index contributed by atoms with van der Waals surface area (Å²) in [5.41, 5.74) is 1.16. The van der Waals surface area contributed by atoms with Crippen molar-refractivity contribution >= 4 is 22.5 Å². The Labute approximate surface area is 161 Å². The Bertz CT molecular complexity index is 1030. The number of halogens is 2. The summed E-state index contributed by atoms with van der Waals surface area (Å²) in [6.45, 7) is 1.56. The zero-order valence-corrected chi connectivity index (χ0v) is 15.5. The Morgan fingerprint density at radius 1 is 1.21 bits per heavy atom. The molecule has 0 atom stereocenters. The molecule has 2 heterocycles. The van der Waals surface area contributed by atoms with E-state index in [1.54, 1.807) is 6.20 Å². The zero-order valence-electron chi connectivity index (χ0n) is 15.5. The summed E-state index contributed by atoms with van der Waals surface area (Å²) >= 11 is 0. The van der Waals surface area contributed by atoms with Crippen molar-refractivity contribution in [3.8, 4) is 5.75 Å². The van der Waals surface area contributed by atoms with Crippen LogP contribution in [0.1, 0.15) is 23.2 Å². The van der Waals surface area contributed by atoms with Gasteiger partial charge in [0, 0.05) is 36.3 Å². The number of rotatable bonds is 4. The van der Waals surface area contributed by atoms with Crippen molar-refractivity contribution in [1.29, 1.82) is 0 Å². The Kier molecular flexibility index (Phi) is 5.00. The van der Waals surface area contributed by atoms with Gasteiger partial charge in [-0.3, -0.25) is 4.79 Å². The molecule has 5 nitrogen and oxygen atoms in total. The number of nitrogens with zero attached hydrogens (tertiary/aromatic N) is 1. The third kappa shape index (κ3) is 3.57. The second-order valence-corrected chi connectivity index (χ2v) is 6.95. The molecule has 2 N–H and O–H groups in total. The van der Waals surface area contributed by atoms with Crippen molar-refractivity contribution in [3.63, 3.8) is 0 Å². The average molecular weight is 385 g/mol. The summed E-state index contributed by atoms with van der Waals surface area (Å²) < 4.78 is 36.0. The van der Waals surface area contributed by atoms with Crippen LogP contribution < -0.4 is 15.4 Å². The van der Waals surface area contributed by atoms with Gasteiger partial charge in [-0.1, -0.05) is 18.2 Å². The Morgan fingerprint density at radius 2 is 1.96 bits per heavy atom. The van der Waals surface area contributed by atoms with Gasteiger partial charge < -0.3 is 19.9 Å². The van der Waals surface area contributed by atoms with Crippen molar-refractivity contribution in [3.05, 3.63) is 59.8 Å². The van der Waals surface area contributed by atoms with Crippen molar-refractivity contribution < 1.29 is 18.3 Å². The lowest BCUT2D eigenvalue weighted by atomic mass is 10.1. The van der Waals surface area contributed by atoms with Crippen LogP contribution >= 0.6 is 0 Å². The number of para-hydroxylation sites is 1. The van der Waals surface area contributed by atoms with Gasteiger partial charge in [0.2, 0.25) is 0 Å². The van der Waals surface area contributed by atoms with Crippen molar-refractivity contribution in [2.24, 2.45) is 7.05 Å². The number of carbonyl (C=O) groups excluding carboxylic acids is 1. The molecule has 7 heteroatoms. The maximum absolute atomic E-state index is 14.5. The van der Waals surface area contributed by atoms with Crippen LogP contribution in [0.15, 0.2) is 42.6 Å². The monoisotopic (exact) mass is 385 g/mol. The van der Waals surface area contributed by atoms with Crippen molar-refractivity contribution in [1.82, 2.24) is 9.88 Å². The fourth-order valence-electron chi connectivity index (χ4n) is 3.56. The first-order valence-electron chi connectivity index (χ1n) is 9.25. The van der Waals surface area contributed by atoms with E-state index in [1.807, 2.05) is 35.9 Å². The summed E-state index contributed by atoms with van der Waals surface area (Å²) in [4.78, 5) is 12.9. The van der Waals surface area contributed by atoms with Crippen LogP contribution in [0.5, 0.6) is 5.75 Å². The molecule has 146 valence electrons. The molecular formula is C21H21F2N3O2. The van der Waals surface area contributed by atoms with Crippen molar-refractivity contribution in [2.75, 3.05) is 18.4 Å². The highest BCUT2D eigenvalue weighted by Crippen LogP contribution is 2.32. The molecule has 3 aromatic rings. The maximum Gasteiger partial charge on any atom is 0.258 e. The number of aryl methyl sites for hydroxylation is 1. The molecule has 2 aromatic carbocycles. The second-order valence-electron chi connectivity index (χ2n) is 6.95.